The van der Waals surface area contributed by atoms with Crippen molar-refractivity contribution in [1.29, 1.82) is 0 Å². The monoisotopic (exact) mass is 298 g/mol. The van der Waals surface area contributed by atoms with Gasteiger partial charge in [-0.05, 0) is 18.1 Å². The van der Waals surface area contributed by atoms with Gasteiger partial charge in [-0.25, -0.2) is 0 Å². The van der Waals surface area contributed by atoms with Crippen LogP contribution in [0.2, 0.25) is 0 Å². The summed E-state index contributed by atoms with van der Waals surface area (Å²) in [6.07, 6.45) is 5.01. The Hall–Kier alpha value is -1.81. The minimum Gasteiger partial charge on any atom is -0.326 e. The van der Waals surface area contributed by atoms with E-state index in [2.05, 4.69) is 17.1 Å². The molecule has 1 aliphatic rings. The summed E-state index contributed by atoms with van der Waals surface area (Å²) in [5.41, 5.74) is 2.34. The number of hydrogen-bond donors (Lipinski definition) is 0. The molecule has 1 amide bonds. The molecule has 1 unspecified atom stereocenters. The van der Waals surface area contributed by atoms with Crippen molar-refractivity contribution in [3.63, 3.8) is 0 Å². The summed E-state index contributed by atoms with van der Waals surface area (Å²) >= 11 is 1.82. The van der Waals surface area contributed by atoms with Gasteiger partial charge in [0, 0.05) is 36.7 Å². The zero-order chi connectivity index (χ0) is 14.5. The zero-order valence-corrected chi connectivity index (χ0v) is 12.6. The van der Waals surface area contributed by atoms with Crippen LogP contribution in [-0.4, -0.2) is 28.1 Å². The van der Waals surface area contributed by atoms with Gasteiger partial charge >= 0.3 is 0 Å². The molecule has 1 fully saturated rings. The molecule has 2 heterocycles. The first kappa shape index (κ1) is 14.1. The highest BCUT2D eigenvalue weighted by atomic mass is 32.2. The van der Waals surface area contributed by atoms with E-state index in [0.717, 1.165) is 24.3 Å². The number of carbonyl (C=O) groups is 1. The molecule has 1 atom stereocenters. The molecule has 0 N–H and O–H groups in total. The van der Waals surface area contributed by atoms with Crippen LogP contribution in [-0.2, 0) is 11.2 Å². The Balaban J connectivity index is 1.64. The molecule has 3 rings (SSSR count). The molecule has 3 nitrogen and oxygen atoms in total. The number of carbonyl (C=O) groups excluding carboxylic acids is 1. The Bertz CT molecular complexity index is 588. The van der Waals surface area contributed by atoms with Gasteiger partial charge in [0.15, 0.2) is 0 Å². The molecule has 0 radical (unpaired) electrons. The lowest BCUT2D eigenvalue weighted by Crippen LogP contribution is -2.30. The van der Waals surface area contributed by atoms with E-state index < -0.39 is 0 Å². The Labute approximate surface area is 129 Å². The van der Waals surface area contributed by atoms with E-state index >= 15 is 0 Å². The molecule has 0 aliphatic carbocycles. The van der Waals surface area contributed by atoms with Crippen molar-refractivity contribution < 1.29 is 4.79 Å². The number of aromatic nitrogens is 1. The molecular weight excluding hydrogens is 280 g/mol. The third-order valence-corrected chi connectivity index (χ3v) is 4.91. The standard InChI is InChI=1S/C17H18N2OS/c20-16(9-8-14-5-2-1-3-6-14)19-11-12-21-17(19)15-7-4-10-18-13-15/h1-7,10,13,17H,8-9,11-12H2. The predicted octanol–water partition coefficient (Wildman–Crippen LogP) is 3.29. The number of amides is 1. The van der Waals surface area contributed by atoms with E-state index in [9.17, 15) is 4.79 Å². The molecule has 1 aliphatic heterocycles. The fourth-order valence-corrected chi connectivity index (χ4v) is 3.82. The number of rotatable bonds is 4. The van der Waals surface area contributed by atoms with Crippen LogP contribution >= 0.6 is 11.8 Å². The summed E-state index contributed by atoms with van der Waals surface area (Å²) in [5.74, 6) is 1.23. The van der Waals surface area contributed by atoms with Gasteiger partial charge in [-0.1, -0.05) is 36.4 Å². The highest BCUT2D eigenvalue weighted by molar-refractivity contribution is 7.99. The maximum Gasteiger partial charge on any atom is 0.224 e. The zero-order valence-electron chi connectivity index (χ0n) is 11.8. The van der Waals surface area contributed by atoms with Crippen molar-refractivity contribution in [1.82, 2.24) is 9.88 Å². The Kier molecular flexibility index (Phi) is 4.55. The van der Waals surface area contributed by atoms with Crippen LogP contribution in [0.1, 0.15) is 22.9 Å². The molecule has 1 aromatic heterocycles. The first-order valence-corrected chi connectivity index (χ1v) is 8.24. The van der Waals surface area contributed by atoms with Crippen molar-refractivity contribution in [3.05, 3.63) is 66.0 Å². The van der Waals surface area contributed by atoms with Crippen LogP contribution in [0.5, 0.6) is 0 Å². The van der Waals surface area contributed by atoms with Gasteiger partial charge in [-0.15, -0.1) is 11.8 Å². The van der Waals surface area contributed by atoms with Crippen LogP contribution < -0.4 is 0 Å². The van der Waals surface area contributed by atoms with Gasteiger partial charge in [0.25, 0.3) is 0 Å². The molecule has 2 aromatic rings. The maximum atomic E-state index is 12.5. The van der Waals surface area contributed by atoms with Gasteiger partial charge in [-0.2, -0.15) is 0 Å². The average Bonchev–Trinajstić information content (AvgIpc) is 3.04. The lowest BCUT2D eigenvalue weighted by molar-refractivity contribution is -0.131. The molecule has 1 saturated heterocycles. The molecule has 108 valence electrons. The molecule has 0 saturated carbocycles. The normalized spacial score (nSPS) is 17.9. The summed E-state index contributed by atoms with van der Waals surface area (Å²) in [4.78, 5) is 18.7. The first-order chi connectivity index (χ1) is 10.3. The predicted molar refractivity (Wildman–Crippen MR) is 85.9 cm³/mol. The Morgan fingerprint density at radius 1 is 1.24 bits per heavy atom. The number of aryl methyl sites for hydroxylation is 1. The summed E-state index contributed by atoms with van der Waals surface area (Å²) < 4.78 is 0. The second kappa shape index (κ2) is 6.76. The van der Waals surface area contributed by atoms with Crippen molar-refractivity contribution in [2.75, 3.05) is 12.3 Å². The highest BCUT2D eigenvalue weighted by Crippen LogP contribution is 2.37. The molecular formula is C17H18N2OS. The topological polar surface area (TPSA) is 33.2 Å². The van der Waals surface area contributed by atoms with Crippen molar-refractivity contribution in [3.8, 4) is 0 Å². The molecule has 0 bridgehead atoms. The van der Waals surface area contributed by atoms with Crippen molar-refractivity contribution >= 4 is 17.7 Å². The second-order valence-corrected chi connectivity index (χ2v) is 6.27. The number of nitrogens with zero attached hydrogens (tertiary/aromatic N) is 2. The molecule has 21 heavy (non-hydrogen) atoms. The smallest absolute Gasteiger partial charge is 0.224 e. The first-order valence-electron chi connectivity index (χ1n) is 7.19. The Morgan fingerprint density at radius 2 is 2.10 bits per heavy atom. The molecule has 0 spiro atoms. The number of thioether (sulfide) groups is 1. The van der Waals surface area contributed by atoms with Gasteiger partial charge in [-0.3, -0.25) is 9.78 Å². The highest BCUT2D eigenvalue weighted by Gasteiger charge is 2.30. The van der Waals surface area contributed by atoms with E-state index in [1.165, 1.54) is 5.56 Å². The average molecular weight is 298 g/mol. The maximum absolute atomic E-state index is 12.5. The SMILES string of the molecule is O=C(CCc1ccccc1)N1CCSC1c1cccnc1. The van der Waals surface area contributed by atoms with Crippen molar-refractivity contribution in [2.45, 2.75) is 18.2 Å². The Morgan fingerprint density at radius 3 is 2.86 bits per heavy atom. The second-order valence-electron chi connectivity index (χ2n) is 5.08. The van der Waals surface area contributed by atoms with E-state index in [1.807, 2.05) is 53.2 Å². The number of hydrogen-bond acceptors (Lipinski definition) is 3. The van der Waals surface area contributed by atoms with Crippen LogP contribution in [0.25, 0.3) is 0 Å². The van der Waals surface area contributed by atoms with Crippen molar-refractivity contribution in [2.24, 2.45) is 0 Å². The lowest BCUT2D eigenvalue weighted by Gasteiger charge is -2.24. The molecule has 1 aromatic carbocycles. The van der Waals surface area contributed by atoms with Crippen LogP contribution in [0.3, 0.4) is 0 Å². The third kappa shape index (κ3) is 3.45. The van der Waals surface area contributed by atoms with E-state index in [-0.39, 0.29) is 11.3 Å². The molecule has 4 heteroatoms. The minimum absolute atomic E-state index is 0.127. The largest absolute Gasteiger partial charge is 0.326 e. The minimum atomic E-state index is 0.127. The summed E-state index contributed by atoms with van der Waals surface area (Å²) in [6, 6.07) is 14.2. The summed E-state index contributed by atoms with van der Waals surface area (Å²) in [7, 11) is 0. The quantitative estimate of drug-likeness (QED) is 0.868. The van der Waals surface area contributed by atoms with Crippen LogP contribution in [0.15, 0.2) is 54.9 Å². The van der Waals surface area contributed by atoms with Gasteiger partial charge < -0.3 is 4.90 Å². The fraction of sp³-hybridized carbons (Fsp3) is 0.294. The van der Waals surface area contributed by atoms with E-state index in [1.54, 1.807) is 6.20 Å². The van der Waals surface area contributed by atoms with Gasteiger partial charge in [0.2, 0.25) is 5.91 Å². The van der Waals surface area contributed by atoms with E-state index in [0.29, 0.717) is 6.42 Å². The van der Waals surface area contributed by atoms with Gasteiger partial charge in [0.1, 0.15) is 5.37 Å². The van der Waals surface area contributed by atoms with Crippen LogP contribution in [0.4, 0.5) is 0 Å². The number of benzene rings is 1. The lowest BCUT2D eigenvalue weighted by atomic mass is 10.1. The third-order valence-electron chi connectivity index (χ3n) is 3.65. The van der Waals surface area contributed by atoms with E-state index in [4.69, 9.17) is 0 Å². The fourth-order valence-electron chi connectivity index (χ4n) is 2.56. The van der Waals surface area contributed by atoms with Crippen LogP contribution in [0, 0.1) is 0 Å². The summed E-state index contributed by atoms with van der Waals surface area (Å²) in [5, 5.41) is 0.127. The van der Waals surface area contributed by atoms with Gasteiger partial charge in [0.05, 0.1) is 0 Å². The summed E-state index contributed by atoms with van der Waals surface area (Å²) in [6.45, 7) is 0.831. The number of pyridine rings is 1.